The van der Waals surface area contributed by atoms with Gasteiger partial charge < -0.3 is 16.2 Å². The lowest BCUT2D eigenvalue weighted by Gasteiger charge is -2.23. The van der Waals surface area contributed by atoms with Gasteiger partial charge in [-0.1, -0.05) is 27.7 Å². The van der Waals surface area contributed by atoms with Crippen molar-refractivity contribution in [1.29, 1.82) is 0 Å². The molecule has 0 bridgehead atoms. The molecule has 0 radical (unpaired) electrons. The summed E-state index contributed by atoms with van der Waals surface area (Å²) < 4.78 is 0. The number of nitrogens with two attached hydrogens (primary N) is 1. The minimum Gasteiger partial charge on any atom is -0.481 e. The van der Waals surface area contributed by atoms with Crippen LogP contribution in [0.25, 0.3) is 0 Å². The summed E-state index contributed by atoms with van der Waals surface area (Å²) in [6.07, 6.45) is 1.68. The number of carbonyl (C=O) groups excluding carboxylic acids is 1. The minimum absolute atomic E-state index is 0.0676. The molecule has 5 nitrogen and oxygen atoms in total. The molecular formula is C14H28N2O3. The summed E-state index contributed by atoms with van der Waals surface area (Å²) in [5.41, 5.74) is 5.41. The molecule has 19 heavy (non-hydrogen) atoms. The van der Waals surface area contributed by atoms with Crippen LogP contribution in [0.5, 0.6) is 0 Å². The maximum absolute atomic E-state index is 11.6. The molecule has 0 spiro atoms. The van der Waals surface area contributed by atoms with Gasteiger partial charge in [0.05, 0.1) is 5.92 Å². The van der Waals surface area contributed by atoms with Gasteiger partial charge in [0.25, 0.3) is 0 Å². The second-order valence-corrected chi connectivity index (χ2v) is 6.48. The molecule has 0 aliphatic rings. The Morgan fingerprint density at radius 1 is 1.32 bits per heavy atom. The van der Waals surface area contributed by atoms with E-state index < -0.39 is 11.9 Å². The summed E-state index contributed by atoms with van der Waals surface area (Å²) >= 11 is 0. The van der Waals surface area contributed by atoms with E-state index in [-0.39, 0.29) is 17.9 Å². The van der Waals surface area contributed by atoms with Gasteiger partial charge in [0, 0.05) is 13.0 Å². The highest BCUT2D eigenvalue weighted by molar-refractivity contribution is 5.77. The highest BCUT2D eigenvalue weighted by atomic mass is 16.4. The average Bonchev–Trinajstić information content (AvgIpc) is 2.29. The van der Waals surface area contributed by atoms with Crippen LogP contribution in [0, 0.1) is 17.3 Å². The number of nitrogens with one attached hydrogen (secondary N) is 1. The first-order chi connectivity index (χ1) is 8.65. The molecule has 0 aromatic rings. The van der Waals surface area contributed by atoms with Gasteiger partial charge in [-0.3, -0.25) is 9.59 Å². The topological polar surface area (TPSA) is 92.4 Å². The Morgan fingerprint density at radius 2 is 1.89 bits per heavy atom. The first-order valence-electron chi connectivity index (χ1n) is 6.85. The van der Waals surface area contributed by atoms with Crippen LogP contribution in [-0.2, 0) is 9.59 Å². The molecule has 0 saturated carbocycles. The van der Waals surface area contributed by atoms with E-state index in [9.17, 15) is 9.59 Å². The summed E-state index contributed by atoms with van der Waals surface area (Å²) in [5, 5.41) is 11.8. The fourth-order valence-electron chi connectivity index (χ4n) is 1.81. The van der Waals surface area contributed by atoms with Crippen LogP contribution in [0.2, 0.25) is 0 Å². The fourth-order valence-corrected chi connectivity index (χ4v) is 1.81. The molecule has 0 saturated heterocycles. The van der Waals surface area contributed by atoms with Crippen molar-refractivity contribution in [3.05, 3.63) is 0 Å². The Kier molecular flexibility index (Phi) is 7.68. The van der Waals surface area contributed by atoms with E-state index in [1.165, 1.54) is 0 Å². The molecule has 5 heteroatoms. The van der Waals surface area contributed by atoms with Gasteiger partial charge in [0.2, 0.25) is 5.91 Å². The van der Waals surface area contributed by atoms with Crippen LogP contribution < -0.4 is 11.1 Å². The first kappa shape index (κ1) is 17.9. The SMILES string of the molecule is CC(CN)CCC(=O)NCC(CC(C)(C)C)C(=O)O. The third kappa shape index (κ3) is 9.47. The lowest BCUT2D eigenvalue weighted by molar-refractivity contribution is -0.142. The maximum Gasteiger partial charge on any atom is 0.308 e. The summed E-state index contributed by atoms with van der Waals surface area (Å²) in [4.78, 5) is 22.7. The van der Waals surface area contributed by atoms with Crippen LogP contribution >= 0.6 is 0 Å². The van der Waals surface area contributed by atoms with Crippen LogP contribution in [0.1, 0.15) is 47.0 Å². The average molecular weight is 272 g/mol. The second-order valence-electron chi connectivity index (χ2n) is 6.48. The predicted molar refractivity (Wildman–Crippen MR) is 75.7 cm³/mol. The molecule has 2 unspecified atom stereocenters. The van der Waals surface area contributed by atoms with Crippen molar-refractivity contribution in [2.45, 2.75) is 47.0 Å². The Hall–Kier alpha value is -1.10. The van der Waals surface area contributed by atoms with E-state index in [4.69, 9.17) is 10.8 Å². The van der Waals surface area contributed by atoms with Gasteiger partial charge >= 0.3 is 5.97 Å². The molecule has 0 aliphatic carbocycles. The molecule has 1 amide bonds. The van der Waals surface area contributed by atoms with E-state index in [2.05, 4.69) is 5.32 Å². The summed E-state index contributed by atoms with van der Waals surface area (Å²) in [6, 6.07) is 0. The Bertz CT molecular complexity index is 298. The predicted octanol–water partition coefficient (Wildman–Crippen LogP) is 1.61. The molecule has 0 aromatic heterocycles. The first-order valence-corrected chi connectivity index (χ1v) is 6.85. The molecule has 112 valence electrons. The van der Waals surface area contributed by atoms with Crippen molar-refractivity contribution in [2.75, 3.05) is 13.1 Å². The van der Waals surface area contributed by atoms with E-state index in [1.54, 1.807) is 0 Å². The van der Waals surface area contributed by atoms with E-state index in [0.717, 1.165) is 6.42 Å². The van der Waals surface area contributed by atoms with E-state index in [0.29, 0.717) is 25.3 Å². The monoisotopic (exact) mass is 272 g/mol. The maximum atomic E-state index is 11.6. The number of hydrogen-bond acceptors (Lipinski definition) is 3. The quantitative estimate of drug-likeness (QED) is 0.626. The van der Waals surface area contributed by atoms with Crippen molar-refractivity contribution < 1.29 is 14.7 Å². The molecule has 0 rings (SSSR count). The molecule has 0 fully saturated rings. The molecule has 0 aliphatic heterocycles. The van der Waals surface area contributed by atoms with Crippen LogP contribution in [-0.4, -0.2) is 30.1 Å². The number of carboxylic acid groups (broad SMARTS) is 1. The number of aliphatic carboxylic acids is 1. The van der Waals surface area contributed by atoms with Crippen LogP contribution in [0.4, 0.5) is 0 Å². The molecule has 2 atom stereocenters. The van der Waals surface area contributed by atoms with Crippen LogP contribution in [0.3, 0.4) is 0 Å². The van der Waals surface area contributed by atoms with Crippen LogP contribution in [0.15, 0.2) is 0 Å². The van der Waals surface area contributed by atoms with Crippen molar-refractivity contribution in [3.8, 4) is 0 Å². The largest absolute Gasteiger partial charge is 0.481 e. The van der Waals surface area contributed by atoms with Crippen molar-refractivity contribution in [3.63, 3.8) is 0 Å². The van der Waals surface area contributed by atoms with Gasteiger partial charge in [-0.05, 0) is 30.7 Å². The number of rotatable bonds is 8. The zero-order chi connectivity index (χ0) is 15.1. The smallest absolute Gasteiger partial charge is 0.308 e. The standard InChI is InChI=1S/C14H28N2O3/c1-10(8-15)5-6-12(17)16-9-11(13(18)19)7-14(2,3)4/h10-11H,5-9,15H2,1-4H3,(H,16,17)(H,18,19). The second kappa shape index (κ2) is 8.15. The normalized spacial score (nSPS) is 14.8. The van der Waals surface area contributed by atoms with Crippen molar-refractivity contribution in [1.82, 2.24) is 5.32 Å². The lowest BCUT2D eigenvalue weighted by atomic mass is 9.84. The molecular weight excluding hydrogens is 244 g/mol. The van der Waals surface area contributed by atoms with Gasteiger partial charge in [-0.2, -0.15) is 0 Å². The zero-order valence-corrected chi connectivity index (χ0v) is 12.5. The molecule has 4 N–H and O–H groups in total. The van der Waals surface area contributed by atoms with Crippen molar-refractivity contribution in [2.24, 2.45) is 23.0 Å². The summed E-state index contributed by atoms with van der Waals surface area (Å²) in [6.45, 7) is 8.74. The Balaban J connectivity index is 4.11. The minimum atomic E-state index is -0.856. The van der Waals surface area contributed by atoms with Gasteiger partial charge in [-0.15, -0.1) is 0 Å². The van der Waals surface area contributed by atoms with Crippen molar-refractivity contribution >= 4 is 11.9 Å². The zero-order valence-electron chi connectivity index (χ0n) is 12.5. The highest BCUT2D eigenvalue weighted by Crippen LogP contribution is 2.24. The number of amides is 1. The van der Waals surface area contributed by atoms with Gasteiger partial charge in [0.1, 0.15) is 0 Å². The summed E-state index contributed by atoms with van der Waals surface area (Å²) in [5.74, 6) is -1.17. The highest BCUT2D eigenvalue weighted by Gasteiger charge is 2.24. The summed E-state index contributed by atoms with van der Waals surface area (Å²) in [7, 11) is 0. The molecule has 0 heterocycles. The van der Waals surface area contributed by atoms with Gasteiger partial charge in [0.15, 0.2) is 0 Å². The van der Waals surface area contributed by atoms with E-state index >= 15 is 0 Å². The number of carboxylic acids is 1. The number of hydrogen-bond donors (Lipinski definition) is 3. The Morgan fingerprint density at radius 3 is 2.32 bits per heavy atom. The lowest BCUT2D eigenvalue weighted by Crippen LogP contribution is -2.35. The third-order valence-corrected chi connectivity index (χ3v) is 3.02. The third-order valence-electron chi connectivity index (χ3n) is 3.02. The Labute approximate surface area is 115 Å². The number of carbonyl (C=O) groups is 2. The fraction of sp³-hybridized carbons (Fsp3) is 0.857. The van der Waals surface area contributed by atoms with Gasteiger partial charge in [-0.25, -0.2) is 0 Å². The molecule has 0 aromatic carbocycles. The van der Waals surface area contributed by atoms with E-state index in [1.807, 2.05) is 27.7 Å².